The Balaban J connectivity index is 1.42. The number of fused-ring (bicyclic) bond motifs is 1. The predicted octanol–water partition coefficient (Wildman–Crippen LogP) is 2.48. The highest BCUT2D eigenvalue weighted by molar-refractivity contribution is 6.05. The summed E-state index contributed by atoms with van der Waals surface area (Å²) in [5, 5.41) is 6.97. The molecule has 0 atom stereocenters. The number of para-hydroxylation sites is 1. The van der Waals surface area contributed by atoms with Crippen molar-refractivity contribution < 1.29 is 14.3 Å². The summed E-state index contributed by atoms with van der Waals surface area (Å²) in [6.07, 6.45) is 0.830. The van der Waals surface area contributed by atoms with Crippen LogP contribution in [0.15, 0.2) is 65.5 Å². The topological polar surface area (TPSA) is 93.5 Å². The highest BCUT2D eigenvalue weighted by Gasteiger charge is 2.26. The van der Waals surface area contributed by atoms with Crippen LogP contribution in [0.25, 0.3) is 0 Å². The first-order valence-electron chi connectivity index (χ1n) is 9.97. The molecule has 3 aromatic rings. The van der Waals surface area contributed by atoms with Gasteiger partial charge in [0, 0.05) is 30.4 Å². The van der Waals surface area contributed by atoms with Crippen LogP contribution in [0, 0.1) is 0 Å². The molecule has 0 bridgehead atoms. The maximum absolute atomic E-state index is 13.0. The molecule has 1 aliphatic heterocycles. The number of ether oxygens (including phenoxy) is 1. The first-order chi connectivity index (χ1) is 15.0. The first-order valence-corrected chi connectivity index (χ1v) is 9.97. The lowest BCUT2D eigenvalue weighted by atomic mass is 10.2. The van der Waals surface area contributed by atoms with Crippen molar-refractivity contribution in [2.75, 3.05) is 23.9 Å². The Morgan fingerprint density at radius 3 is 2.61 bits per heavy atom. The Bertz CT molecular complexity index is 1170. The number of aryl methyl sites for hydroxylation is 1. The average molecular weight is 418 g/mol. The van der Waals surface area contributed by atoms with E-state index >= 15 is 0 Å². The number of amides is 2. The van der Waals surface area contributed by atoms with Crippen LogP contribution in [0.1, 0.15) is 22.5 Å². The van der Waals surface area contributed by atoms with Crippen LogP contribution in [0.2, 0.25) is 0 Å². The summed E-state index contributed by atoms with van der Waals surface area (Å²) in [6, 6.07) is 17.4. The molecular formula is C23H22N4O4. The summed E-state index contributed by atoms with van der Waals surface area (Å²) in [4.78, 5) is 39.1. The number of anilines is 2. The van der Waals surface area contributed by atoms with Gasteiger partial charge in [0.2, 0.25) is 5.91 Å². The lowest BCUT2D eigenvalue weighted by Gasteiger charge is -2.17. The van der Waals surface area contributed by atoms with E-state index < -0.39 is 0 Å². The molecule has 1 aromatic heterocycles. The van der Waals surface area contributed by atoms with Gasteiger partial charge in [-0.25, -0.2) is 4.68 Å². The molecule has 2 heterocycles. The van der Waals surface area contributed by atoms with Crippen LogP contribution in [-0.4, -0.2) is 35.2 Å². The largest absolute Gasteiger partial charge is 0.497 e. The van der Waals surface area contributed by atoms with Gasteiger partial charge in [-0.1, -0.05) is 18.2 Å². The number of carbonyl (C=O) groups is 2. The molecule has 31 heavy (non-hydrogen) atoms. The molecule has 0 aliphatic carbocycles. The van der Waals surface area contributed by atoms with Crippen LogP contribution in [0.5, 0.6) is 5.75 Å². The summed E-state index contributed by atoms with van der Waals surface area (Å²) in [7, 11) is 1.57. The molecule has 4 rings (SSSR count). The summed E-state index contributed by atoms with van der Waals surface area (Å²) >= 11 is 0. The molecular weight excluding hydrogens is 396 g/mol. The molecule has 0 unspecified atom stereocenters. The van der Waals surface area contributed by atoms with E-state index in [2.05, 4.69) is 10.4 Å². The number of nitrogens with one attached hydrogen (secondary N) is 1. The minimum Gasteiger partial charge on any atom is -0.497 e. The number of methoxy groups -OCH3 is 1. The second-order valence-corrected chi connectivity index (χ2v) is 7.14. The van der Waals surface area contributed by atoms with Gasteiger partial charge in [0.25, 0.3) is 11.5 Å². The van der Waals surface area contributed by atoms with Gasteiger partial charge in [-0.3, -0.25) is 14.4 Å². The van der Waals surface area contributed by atoms with E-state index in [0.29, 0.717) is 18.0 Å². The Kier molecular flexibility index (Phi) is 5.79. The number of hydrogen-bond donors (Lipinski definition) is 1. The van der Waals surface area contributed by atoms with E-state index in [9.17, 15) is 14.4 Å². The van der Waals surface area contributed by atoms with Gasteiger partial charge in [-0.2, -0.15) is 5.10 Å². The van der Waals surface area contributed by atoms with Crippen molar-refractivity contribution in [1.29, 1.82) is 0 Å². The van der Waals surface area contributed by atoms with Gasteiger partial charge in [0.1, 0.15) is 11.4 Å². The Hall–Kier alpha value is -3.94. The van der Waals surface area contributed by atoms with E-state index in [1.54, 1.807) is 36.3 Å². The fourth-order valence-electron chi connectivity index (χ4n) is 3.52. The maximum atomic E-state index is 13.0. The molecule has 0 spiro atoms. The maximum Gasteiger partial charge on any atom is 0.278 e. The van der Waals surface area contributed by atoms with E-state index in [4.69, 9.17) is 4.74 Å². The van der Waals surface area contributed by atoms with Crippen molar-refractivity contribution in [2.24, 2.45) is 0 Å². The zero-order chi connectivity index (χ0) is 21.8. The van der Waals surface area contributed by atoms with Gasteiger partial charge >= 0.3 is 0 Å². The second-order valence-electron chi connectivity index (χ2n) is 7.14. The molecule has 0 saturated carbocycles. The molecule has 8 nitrogen and oxygen atoms in total. The van der Waals surface area contributed by atoms with Crippen LogP contribution in [-0.2, 0) is 17.8 Å². The summed E-state index contributed by atoms with van der Waals surface area (Å²) in [5.74, 6) is 0.168. The molecule has 2 aromatic carbocycles. The van der Waals surface area contributed by atoms with E-state index in [0.717, 1.165) is 22.4 Å². The molecule has 0 radical (unpaired) electrons. The number of benzene rings is 2. The molecule has 2 amide bonds. The fourth-order valence-corrected chi connectivity index (χ4v) is 3.52. The van der Waals surface area contributed by atoms with Crippen LogP contribution >= 0.6 is 0 Å². The number of carbonyl (C=O) groups excluding carboxylic acids is 2. The molecule has 158 valence electrons. The van der Waals surface area contributed by atoms with Gasteiger partial charge in [0.05, 0.1) is 13.7 Å². The molecule has 8 heteroatoms. The zero-order valence-electron chi connectivity index (χ0n) is 17.1. The number of nitrogens with zero attached hydrogens (tertiary/aromatic N) is 3. The Morgan fingerprint density at radius 1 is 1.06 bits per heavy atom. The monoisotopic (exact) mass is 418 g/mol. The quantitative estimate of drug-likeness (QED) is 0.664. The lowest BCUT2D eigenvalue weighted by Crippen LogP contribution is -2.33. The van der Waals surface area contributed by atoms with Crippen molar-refractivity contribution >= 4 is 23.2 Å². The first kappa shape index (κ1) is 20.3. The fraction of sp³-hybridized carbons (Fsp3) is 0.217. The number of aromatic nitrogens is 2. The number of rotatable bonds is 6. The normalized spacial score (nSPS) is 12.4. The Morgan fingerprint density at radius 2 is 1.84 bits per heavy atom. The van der Waals surface area contributed by atoms with Crippen molar-refractivity contribution in [3.63, 3.8) is 0 Å². The number of hydrogen-bond acceptors (Lipinski definition) is 5. The van der Waals surface area contributed by atoms with Gasteiger partial charge in [-0.05, 0) is 48.4 Å². The van der Waals surface area contributed by atoms with E-state index in [1.165, 1.54) is 12.1 Å². The highest BCUT2D eigenvalue weighted by Crippen LogP contribution is 2.28. The zero-order valence-corrected chi connectivity index (χ0v) is 17.1. The second kappa shape index (κ2) is 8.83. The molecule has 1 N–H and O–H groups in total. The third kappa shape index (κ3) is 4.48. The summed E-state index contributed by atoms with van der Waals surface area (Å²) in [5.41, 5.74) is 2.41. The van der Waals surface area contributed by atoms with Gasteiger partial charge < -0.3 is 15.0 Å². The van der Waals surface area contributed by atoms with Crippen molar-refractivity contribution in [3.8, 4) is 5.75 Å². The third-order valence-electron chi connectivity index (χ3n) is 5.14. The van der Waals surface area contributed by atoms with Crippen LogP contribution < -0.4 is 20.5 Å². The molecule has 0 saturated heterocycles. The standard InChI is InChI=1S/C23H22N4O4/c1-31-18-8-6-17(7-9-18)24-21(28)13-15-27-22(29)11-10-19(25-27)23(30)26-14-12-16-4-2-3-5-20(16)26/h2-11H,12-15H2,1H3,(H,24,28). The van der Waals surface area contributed by atoms with E-state index in [-0.39, 0.29) is 36.0 Å². The van der Waals surface area contributed by atoms with Gasteiger partial charge in [0.15, 0.2) is 0 Å². The minimum absolute atomic E-state index is 0.0448. The summed E-state index contributed by atoms with van der Waals surface area (Å²) < 4.78 is 6.25. The molecule has 0 fully saturated rings. The third-order valence-corrected chi connectivity index (χ3v) is 5.14. The highest BCUT2D eigenvalue weighted by atomic mass is 16.5. The van der Waals surface area contributed by atoms with Crippen LogP contribution in [0.4, 0.5) is 11.4 Å². The SMILES string of the molecule is COc1ccc(NC(=O)CCn2nc(C(=O)N3CCc4ccccc43)ccc2=O)cc1. The summed E-state index contributed by atoms with van der Waals surface area (Å²) in [6.45, 7) is 0.641. The molecule has 1 aliphatic rings. The van der Waals surface area contributed by atoms with Crippen molar-refractivity contribution in [3.05, 3.63) is 82.3 Å². The van der Waals surface area contributed by atoms with Gasteiger partial charge in [-0.15, -0.1) is 0 Å². The van der Waals surface area contributed by atoms with Crippen LogP contribution in [0.3, 0.4) is 0 Å². The van der Waals surface area contributed by atoms with Crippen molar-refractivity contribution in [2.45, 2.75) is 19.4 Å². The predicted molar refractivity (Wildman–Crippen MR) is 117 cm³/mol. The smallest absolute Gasteiger partial charge is 0.278 e. The minimum atomic E-state index is -0.365. The van der Waals surface area contributed by atoms with E-state index in [1.807, 2.05) is 24.3 Å². The van der Waals surface area contributed by atoms with Crippen molar-refractivity contribution in [1.82, 2.24) is 9.78 Å². The lowest BCUT2D eigenvalue weighted by molar-refractivity contribution is -0.116. The average Bonchev–Trinajstić information content (AvgIpc) is 3.23. The Labute approximate surface area is 179 Å².